The minimum absolute atomic E-state index is 0.384. The largest absolute Gasteiger partial charge is 0.493 e. The summed E-state index contributed by atoms with van der Waals surface area (Å²) in [6.07, 6.45) is 5.93. The summed E-state index contributed by atoms with van der Waals surface area (Å²) in [4.78, 5) is 8.28. The zero-order valence-electron chi connectivity index (χ0n) is 16.2. The first kappa shape index (κ1) is 17.9. The Morgan fingerprint density at radius 2 is 2.10 bits per heavy atom. The lowest BCUT2D eigenvalue weighted by Gasteiger charge is -2.13. The van der Waals surface area contributed by atoms with Crippen molar-refractivity contribution < 1.29 is 9.47 Å². The monoisotopic (exact) mass is 395 g/mol. The summed E-state index contributed by atoms with van der Waals surface area (Å²) >= 11 is 0. The molecule has 3 aromatic heterocycles. The summed E-state index contributed by atoms with van der Waals surface area (Å²) in [7, 11) is 1.63. The first-order chi connectivity index (χ1) is 14.8. The lowest BCUT2D eigenvalue weighted by Crippen LogP contribution is -1.99. The van der Waals surface area contributed by atoms with E-state index in [9.17, 15) is 0 Å². The third-order valence-electron chi connectivity index (χ3n) is 5.16. The van der Waals surface area contributed by atoms with E-state index in [-0.39, 0.29) is 0 Å². The number of methoxy groups -OCH3 is 1. The van der Waals surface area contributed by atoms with Crippen LogP contribution in [-0.2, 0) is 13.0 Å². The first-order valence-electron chi connectivity index (χ1n) is 9.43. The molecule has 5 rings (SSSR count). The molecule has 0 bridgehead atoms. The van der Waals surface area contributed by atoms with E-state index in [1.165, 1.54) is 0 Å². The van der Waals surface area contributed by atoms with Crippen molar-refractivity contribution in [2.75, 3.05) is 7.11 Å². The van der Waals surface area contributed by atoms with Crippen molar-refractivity contribution in [2.24, 2.45) is 0 Å². The molecule has 4 aromatic rings. The van der Waals surface area contributed by atoms with Crippen LogP contribution in [0.15, 0.2) is 55.0 Å². The number of H-pyrrole nitrogens is 1. The van der Waals surface area contributed by atoms with Gasteiger partial charge in [0.25, 0.3) is 0 Å². The molecule has 1 aliphatic rings. The Kier molecular flexibility index (Phi) is 4.37. The van der Waals surface area contributed by atoms with Gasteiger partial charge in [-0.25, -0.2) is 4.98 Å². The molecule has 1 aliphatic carbocycles. The van der Waals surface area contributed by atoms with E-state index in [1.54, 1.807) is 31.8 Å². The van der Waals surface area contributed by atoms with Gasteiger partial charge in [0, 0.05) is 47.3 Å². The molecule has 7 nitrogen and oxygen atoms in total. The molecule has 0 unspecified atom stereocenters. The Morgan fingerprint density at radius 3 is 2.83 bits per heavy atom. The predicted octanol–water partition coefficient (Wildman–Crippen LogP) is 3.90. The van der Waals surface area contributed by atoms with Crippen LogP contribution in [0.2, 0.25) is 0 Å². The molecule has 0 fully saturated rings. The van der Waals surface area contributed by atoms with E-state index in [1.807, 2.05) is 36.4 Å². The number of benzene rings is 1. The van der Waals surface area contributed by atoms with Crippen molar-refractivity contribution in [1.82, 2.24) is 20.2 Å². The van der Waals surface area contributed by atoms with Crippen LogP contribution in [0.25, 0.3) is 22.5 Å². The minimum Gasteiger partial charge on any atom is -0.493 e. The highest BCUT2D eigenvalue weighted by Crippen LogP contribution is 2.44. The molecule has 0 saturated carbocycles. The Bertz CT molecular complexity index is 1260. The second kappa shape index (κ2) is 7.33. The standard InChI is InChI=1S/C23H17N5O2/c1-29-20-9-18-16(8-21(20)30-13-14-3-2-6-25-11-14)7-19-22(27-28-23(18)19)15-4-5-17(10-24)26-12-15/h2-6,8-9,11-12H,7,13H2,1H3,(H,27,28). The number of ether oxygens (including phenoxy) is 2. The van der Waals surface area contributed by atoms with Crippen LogP contribution in [0.3, 0.4) is 0 Å². The molecule has 1 N–H and O–H groups in total. The van der Waals surface area contributed by atoms with Gasteiger partial charge in [-0.2, -0.15) is 10.4 Å². The van der Waals surface area contributed by atoms with Gasteiger partial charge < -0.3 is 9.47 Å². The fraction of sp³-hybridized carbons (Fsp3) is 0.130. The topological polar surface area (TPSA) is 96.7 Å². The molecule has 0 radical (unpaired) electrons. The number of nitrogens with zero attached hydrogens (tertiary/aromatic N) is 4. The third kappa shape index (κ3) is 3.05. The van der Waals surface area contributed by atoms with E-state index < -0.39 is 0 Å². The molecular weight excluding hydrogens is 378 g/mol. The number of fused-ring (bicyclic) bond motifs is 3. The summed E-state index contributed by atoms with van der Waals surface area (Å²) in [6, 6.07) is 13.5. The van der Waals surface area contributed by atoms with Crippen molar-refractivity contribution in [3.8, 4) is 40.1 Å². The van der Waals surface area contributed by atoms with Crippen molar-refractivity contribution in [3.05, 3.63) is 77.4 Å². The SMILES string of the molecule is COc1cc2c(cc1OCc1cccnc1)Cc1c(-c3ccc(C#N)nc3)n[nH]c1-2. The van der Waals surface area contributed by atoms with Gasteiger partial charge in [0.2, 0.25) is 0 Å². The molecule has 0 saturated heterocycles. The average Bonchev–Trinajstić information content (AvgIpc) is 3.36. The van der Waals surface area contributed by atoms with Crippen LogP contribution in [-0.4, -0.2) is 27.3 Å². The van der Waals surface area contributed by atoms with Crippen molar-refractivity contribution in [3.63, 3.8) is 0 Å². The van der Waals surface area contributed by atoms with Crippen LogP contribution in [0.5, 0.6) is 11.5 Å². The maximum absolute atomic E-state index is 8.96. The van der Waals surface area contributed by atoms with E-state index in [0.717, 1.165) is 45.6 Å². The smallest absolute Gasteiger partial charge is 0.161 e. The minimum atomic E-state index is 0.384. The molecule has 0 spiro atoms. The van der Waals surface area contributed by atoms with Gasteiger partial charge in [-0.15, -0.1) is 0 Å². The molecule has 30 heavy (non-hydrogen) atoms. The summed E-state index contributed by atoms with van der Waals surface area (Å²) in [6.45, 7) is 0.415. The zero-order valence-corrected chi connectivity index (χ0v) is 16.2. The summed E-state index contributed by atoms with van der Waals surface area (Å²) in [5, 5.41) is 16.6. The van der Waals surface area contributed by atoms with E-state index in [4.69, 9.17) is 14.7 Å². The lowest BCUT2D eigenvalue weighted by molar-refractivity contribution is 0.284. The number of hydrogen-bond donors (Lipinski definition) is 1. The highest BCUT2D eigenvalue weighted by molar-refractivity contribution is 5.82. The van der Waals surface area contributed by atoms with Gasteiger partial charge in [-0.05, 0) is 35.9 Å². The molecule has 0 atom stereocenters. The maximum Gasteiger partial charge on any atom is 0.161 e. The highest BCUT2D eigenvalue weighted by Gasteiger charge is 2.27. The van der Waals surface area contributed by atoms with E-state index in [2.05, 4.69) is 20.2 Å². The van der Waals surface area contributed by atoms with Gasteiger partial charge in [-0.1, -0.05) is 6.07 Å². The van der Waals surface area contributed by atoms with Gasteiger partial charge in [-0.3, -0.25) is 10.1 Å². The highest BCUT2D eigenvalue weighted by atomic mass is 16.5. The Morgan fingerprint density at radius 1 is 1.17 bits per heavy atom. The number of nitrogens with one attached hydrogen (secondary N) is 1. The number of rotatable bonds is 5. The van der Waals surface area contributed by atoms with E-state index in [0.29, 0.717) is 23.8 Å². The molecule has 0 aliphatic heterocycles. The van der Waals surface area contributed by atoms with E-state index >= 15 is 0 Å². The number of nitriles is 1. The van der Waals surface area contributed by atoms with Crippen molar-refractivity contribution >= 4 is 0 Å². The van der Waals surface area contributed by atoms with Crippen LogP contribution < -0.4 is 9.47 Å². The van der Waals surface area contributed by atoms with Crippen LogP contribution in [0.1, 0.15) is 22.4 Å². The van der Waals surface area contributed by atoms with Gasteiger partial charge in [0.15, 0.2) is 11.5 Å². The van der Waals surface area contributed by atoms with Crippen molar-refractivity contribution in [2.45, 2.75) is 13.0 Å². The predicted molar refractivity (Wildman–Crippen MR) is 110 cm³/mol. The van der Waals surface area contributed by atoms with Crippen LogP contribution in [0, 0.1) is 11.3 Å². The molecular formula is C23H17N5O2. The van der Waals surface area contributed by atoms with Crippen LogP contribution in [0.4, 0.5) is 0 Å². The fourth-order valence-corrected chi connectivity index (χ4v) is 3.69. The van der Waals surface area contributed by atoms with Crippen molar-refractivity contribution in [1.29, 1.82) is 5.26 Å². The number of pyridine rings is 2. The second-order valence-corrected chi connectivity index (χ2v) is 6.96. The number of aromatic nitrogens is 4. The summed E-state index contributed by atoms with van der Waals surface area (Å²) < 4.78 is 11.6. The normalized spacial score (nSPS) is 11.5. The average molecular weight is 395 g/mol. The molecule has 3 heterocycles. The molecule has 146 valence electrons. The Balaban J connectivity index is 1.46. The van der Waals surface area contributed by atoms with Crippen LogP contribution >= 0.6 is 0 Å². The van der Waals surface area contributed by atoms with Gasteiger partial charge in [0.1, 0.15) is 18.4 Å². The molecule has 0 amide bonds. The van der Waals surface area contributed by atoms with Gasteiger partial charge >= 0.3 is 0 Å². The molecule has 7 heteroatoms. The second-order valence-electron chi connectivity index (χ2n) is 6.96. The number of aromatic amines is 1. The Labute approximate surface area is 173 Å². The third-order valence-corrected chi connectivity index (χ3v) is 5.16. The zero-order chi connectivity index (χ0) is 20.5. The first-order valence-corrected chi connectivity index (χ1v) is 9.43. The number of hydrogen-bond acceptors (Lipinski definition) is 6. The Hall–Kier alpha value is -4.18. The molecule has 1 aromatic carbocycles. The summed E-state index contributed by atoms with van der Waals surface area (Å²) in [5.41, 5.74) is 7.36. The lowest BCUT2D eigenvalue weighted by atomic mass is 10.1. The van der Waals surface area contributed by atoms with Gasteiger partial charge in [0.05, 0.1) is 18.5 Å². The summed E-state index contributed by atoms with van der Waals surface area (Å²) in [5.74, 6) is 1.36. The quantitative estimate of drug-likeness (QED) is 0.485. The fourth-order valence-electron chi connectivity index (χ4n) is 3.69. The maximum atomic E-state index is 8.96.